The van der Waals surface area contributed by atoms with Crippen molar-refractivity contribution in [2.45, 2.75) is 0 Å². The molecular weight excluding hydrogens is 665 g/mol. The Hall–Kier alpha value is -7.29. The third-order valence-corrected chi connectivity index (χ3v) is 11.2. The molecule has 2 heteroatoms. The summed E-state index contributed by atoms with van der Waals surface area (Å²) < 4.78 is 2.31. The van der Waals surface area contributed by atoms with Gasteiger partial charge in [0.1, 0.15) is 0 Å². The van der Waals surface area contributed by atoms with Crippen LogP contribution in [0.1, 0.15) is 0 Å². The molecule has 2 heterocycles. The van der Waals surface area contributed by atoms with Crippen molar-refractivity contribution in [1.82, 2.24) is 9.55 Å². The first-order valence-electron chi connectivity index (χ1n) is 18.9. The van der Waals surface area contributed by atoms with Gasteiger partial charge in [0.25, 0.3) is 0 Å². The third kappa shape index (κ3) is 5.07. The minimum absolute atomic E-state index is 1.01. The van der Waals surface area contributed by atoms with Gasteiger partial charge in [0.2, 0.25) is 0 Å². The number of fused-ring (bicyclic) bond motifs is 6. The summed E-state index contributed by atoms with van der Waals surface area (Å²) in [6, 6.07) is 72.8. The van der Waals surface area contributed by atoms with E-state index in [1.807, 2.05) is 12.3 Å². The molecule has 0 aliphatic heterocycles. The van der Waals surface area contributed by atoms with Crippen LogP contribution in [0.5, 0.6) is 0 Å². The molecule has 0 aliphatic carbocycles. The fourth-order valence-electron chi connectivity index (χ4n) is 8.79. The van der Waals surface area contributed by atoms with Crippen LogP contribution in [0.15, 0.2) is 206 Å². The number of hydrogen-bond acceptors (Lipinski definition) is 1. The Morgan fingerprint density at radius 3 is 1.58 bits per heavy atom. The highest BCUT2D eigenvalue weighted by atomic mass is 15.0. The molecule has 0 atom stereocenters. The quantitative estimate of drug-likeness (QED) is 0.164. The first-order chi connectivity index (χ1) is 27.3. The highest BCUT2D eigenvalue weighted by molar-refractivity contribution is 6.21. The molecule has 0 aliphatic rings. The van der Waals surface area contributed by atoms with Crippen molar-refractivity contribution in [3.63, 3.8) is 0 Å². The predicted molar refractivity (Wildman–Crippen MR) is 233 cm³/mol. The monoisotopic (exact) mass is 698 g/mol. The average Bonchev–Trinajstić information content (AvgIpc) is 3.59. The van der Waals surface area contributed by atoms with E-state index in [2.05, 4.69) is 199 Å². The van der Waals surface area contributed by atoms with Gasteiger partial charge in [-0.25, -0.2) is 0 Å². The second kappa shape index (κ2) is 12.7. The van der Waals surface area contributed by atoms with Crippen molar-refractivity contribution in [3.05, 3.63) is 206 Å². The van der Waals surface area contributed by atoms with Gasteiger partial charge in [-0.15, -0.1) is 0 Å². The normalized spacial score (nSPS) is 11.6. The van der Waals surface area contributed by atoms with Gasteiger partial charge >= 0.3 is 0 Å². The number of rotatable bonds is 5. The number of nitrogens with zero attached hydrogens (tertiary/aromatic N) is 2. The molecule has 11 rings (SSSR count). The predicted octanol–water partition coefficient (Wildman–Crippen LogP) is 14.3. The molecule has 0 saturated heterocycles. The van der Waals surface area contributed by atoms with Crippen molar-refractivity contribution in [2.75, 3.05) is 0 Å². The smallest absolute Gasteiger partial charge is 0.0963 e. The molecule has 2 aromatic heterocycles. The van der Waals surface area contributed by atoms with Crippen LogP contribution in [0.25, 0.3) is 104 Å². The molecule has 0 radical (unpaired) electrons. The molecule has 0 spiro atoms. The average molecular weight is 699 g/mol. The molecule has 0 N–H and O–H groups in total. The lowest BCUT2D eigenvalue weighted by Crippen LogP contribution is -1.93. The van der Waals surface area contributed by atoms with Gasteiger partial charge in [0, 0.05) is 17.3 Å². The van der Waals surface area contributed by atoms with E-state index in [4.69, 9.17) is 4.98 Å². The fraction of sp³-hybridized carbons (Fsp3) is 0. The van der Waals surface area contributed by atoms with E-state index in [-0.39, 0.29) is 0 Å². The summed E-state index contributed by atoms with van der Waals surface area (Å²) in [7, 11) is 0. The van der Waals surface area contributed by atoms with Crippen LogP contribution in [0.3, 0.4) is 0 Å². The number of hydrogen-bond donors (Lipinski definition) is 0. The Balaban J connectivity index is 1.09. The first kappa shape index (κ1) is 31.3. The summed E-state index contributed by atoms with van der Waals surface area (Å²) in [5, 5.41) is 8.65. The van der Waals surface area contributed by atoms with E-state index in [0.29, 0.717) is 0 Å². The van der Waals surface area contributed by atoms with Gasteiger partial charge in [0.15, 0.2) is 0 Å². The summed E-state index contributed by atoms with van der Waals surface area (Å²) in [5.74, 6) is 0. The Kier molecular flexibility index (Phi) is 7.21. The summed E-state index contributed by atoms with van der Waals surface area (Å²) >= 11 is 0. The van der Waals surface area contributed by atoms with Crippen LogP contribution < -0.4 is 0 Å². The molecule has 0 bridgehead atoms. The number of para-hydroxylation sites is 1. The Labute approximate surface area is 319 Å². The van der Waals surface area contributed by atoms with Crippen molar-refractivity contribution >= 4 is 54.3 Å². The maximum Gasteiger partial charge on any atom is 0.0963 e. The van der Waals surface area contributed by atoms with Crippen molar-refractivity contribution in [1.29, 1.82) is 0 Å². The largest absolute Gasteiger partial charge is 0.308 e. The zero-order valence-electron chi connectivity index (χ0n) is 30.0. The second-order valence-corrected chi connectivity index (χ2v) is 14.3. The molecule has 9 aromatic carbocycles. The van der Waals surface area contributed by atoms with Crippen molar-refractivity contribution in [2.24, 2.45) is 0 Å². The summed E-state index contributed by atoms with van der Waals surface area (Å²) in [6.45, 7) is 0. The molecule has 11 aromatic rings. The number of pyridine rings is 1. The number of benzene rings is 9. The highest BCUT2D eigenvalue weighted by Crippen LogP contribution is 2.45. The molecule has 2 nitrogen and oxygen atoms in total. The fourth-order valence-corrected chi connectivity index (χ4v) is 8.79. The topological polar surface area (TPSA) is 17.8 Å². The van der Waals surface area contributed by atoms with Gasteiger partial charge in [-0.2, -0.15) is 0 Å². The molecular formula is C53H34N2. The van der Waals surface area contributed by atoms with Gasteiger partial charge in [-0.05, 0) is 125 Å². The van der Waals surface area contributed by atoms with Gasteiger partial charge in [0.05, 0.1) is 16.6 Å². The van der Waals surface area contributed by atoms with E-state index in [1.54, 1.807) is 0 Å². The van der Waals surface area contributed by atoms with Gasteiger partial charge < -0.3 is 4.57 Å². The third-order valence-electron chi connectivity index (χ3n) is 11.2. The zero-order valence-corrected chi connectivity index (χ0v) is 30.0. The Morgan fingerprint density at radius 1 is 0.327 bits per heavy atom. The first-order valence-corrected chi connectivity index (χ1v) is 18.9. The Morgan fingerprint density at radius 2 is 0.873 bits per heavy atom. The molecule has 0 amide bonds. The van der Waals surface area contributed by atoms with E-state index in [1.165, 1.54) is 76.8 Å². The molecule has 256 valence electrons. The SMILES string of the molecule is c1ccc(-n2c3ccc(-c4cccc(-c5c6ccccc6c(-c6cccc(-c7cccc8ccccc78)c6)c6ccccc56)c4)cc3c3ncccc32)cc1. The molecule has 55 heavy (non-hydrogen) atoms. The van der Waals surface area contributed by atoms with Crippen LogP contribution in [0, 0.1) is 0 Å². The molecule has 0 saturated carbocycles. The van der Waals surface area contributed by atoms with Crippen LogP contribution in [-0.2, 0) is 0 Å². The van der Waals surface area contributed by atoms with E-state index >= 15 is 0 Å². The summed E-state index contributed by atoms with van der Waals surface area (Å²) in [6.07, 6.45) is 1.89. The van der Waals surface area contributed by atoms with E-state index in [9.17, 15) is 0 Å². The lowest BCUT2D eigenvalue weighted by atomic mass is 9.85. The zero-order chi connectivity index (χ0) is 36.3. The van der Waals surface area contributed by atoms with E-state index < -0.39 is 0 Å². The minimum atomic E-state index is 1.01. The van der Waals surface area contributed by atoms with Gasteiger partial charge in [-0.1, -0.05) is 152 Å². The van der Waals surface area contributed by atoms with E-state index in [0.717, 1.165) is 27.6 Å². The second-order valence-electron chi connectivity index (χ2n) is 14.3. The molecule has 0 unspecified atom stereocenters. The lowest BCUT2D eigenvalue weighted by Gasteiger charge is -2.19. The van der Waals surface area contributed by atoms with Crippen LogP contribution in [0.4, 0.5) is 0 Å². The standard InChI is InChI=1S/C53H34N2/c1-2-20-41(21-3-1)55-49-30-29-37(34-48(49)53-50(55)28-13-31-54-53)36-16-10-18-39(32-36)51-44-23-6-8-25-46(44)52(47-26-9-7-24-45(47)51)40-19-11-17-38(33-40)43-27-12-15-35-14-4-5-22-42(35)43/h1-34H. The van der Waals surface area contributed by atoms with Crippen LogP contribution in [0.2, 0.25) is 0 Å². The molecule has 0 fully saturated rings. The summed E-state index contributed by atoms with van der Waals surface area (Å²) in [4.78, 5) is 4.87. The van der Waals surface area contributed by atoms with Crippen LogP contribution >= 0.6 is 0 Å². The van der Waals surface area contributed by atoms with Crippen molar-refractivity contribution in [3.8, 4) is 50.2 Å². The van der Waals surface area contributed by atoms with Gasteiger partial charge in [-0.3, -0.25) is 4.98 Å². The maximum atomic E-state index is 4.87. The Bertz CT molecular complexity index is 3200. The maximum absolute atomic E-state index is 4.87. The lowest BCUT2D eigenvalue weighted by molar-refractivity contribution is 1.18. The number of aromatic nitrogens is 2. The van der Waals surface area contributed by atoms with Crippen molar-refractivity contribution < 1.29 is 0 Å². The highest BCUT2D eigenvalue weighted by Gasteiger charge is 2.19. The van der Waals surface area contributed by atoms with Crippen LogP contribution in [-0.4, -0.2) is 9.55 Å². The minimum Gasteiger partial charge on any atom is -0.308 e. The summed E-state index contributed by atoms with van der Waals surface area (Å²) in [5.41, 5.74) is 14.2.